The number of nitrogens with one attached hydrogen (secondary N) is 1. The second-order valence-electron chi connectivity index (χ2n) is 3.90. The fraction of sp³-hybridized carbons (Fsp3) is 0.308. The molecule has 0 saturated heterocycles. The monoisotopic (exact) mass is 249 g/mol. The first kappa shape index (κ1) is 12.6. The van der Waals surface area contributed by atoms with Gasteiger partial charge in [-0.05, 0) is 31.3 Å². The number of hydrogen-bond donors (Lipinski definition) is 1. The first-order valence-corrected chi connectivity index (χ1v) is 5.83. The van der Waals surface area contributed by atoms with Crippen LogP contribution in [0.4, 0.5) is 4.39 Å². The summed E-state index contributed by atoms with van der Waals surface area (Å²) in [6.07, 6.45) is 3.60. The molecular formula is C13H16FN3O. The van der Waals surface area contributed by atoms with Crippen LogP contribution in [0.1, 0.15) is 5.56 Å². The normalized spacial score (nSPS) is 10.6. The van der Waals surface area contributed by atoms with Crippen molar-refractivity contribution in [3.63, 3.8) is 0 Å². The molecule has 0 radical (unpaired) electrons. The van der Waals surface area contributed by atoms with Crippen LogP contribution in [0, 0.1) is 5.82 Å². The molecule has 0 amide bonds. The quantitative estimate of drug-likeness (QED) is 0.848. The number of rotatable bonds is 6. The molecule has 4 nitrogen and oxygen atoms in total. The van der Waals surface area contributed by atoms with E-state index in [1.54, 1.807) is 16.9 Å². The van der Waals surface area contributed by atoms with Gasteiger partial charge >= 0.3 is 0 Å². The lowest BCUT2D eigenvalue weighted by molar-refractivity contribution is 0.287. The van der Waals surface area contributed by atoms with Crippen LogP contribution < -0.4 is 10.1 Å². The molecule has 0 spiro atoms. The largest absolute Gasteiger partial charge is 0.491 e. The molecule has 0 aliphatic heterocycles. The molecule has 1 heterocycles. The van der Waals surface area contributed by atoms with Crippen LogP contribution in [0.25, 0.3) is 0 Å². The van der Waals surface area contributed by atoms with Gasteiger partial charge in [0.25, 0.3) is 0 Å². The molecule has 0 fully saturated rings. The zero-order valence-electron chi connectivity index (χ0n) is 10.3. The molecule has 0 atom stereocenters. The third kappa shape index (κ3) is 3.30. The minimum Gasteiger partial charge on any atom is -0.491 e. The van der Waals surface area contributed by atoms with Crippen molar-refractivity contribution in [2.75, 3.05) is 13.7 Å². The van der Waals surface area contributed by atoms with Crippen molar-refractivity contribution in [2.45, 2.75) is 13.1 Å². The molecule has 0 aliphatic carbocycles. The average Bonchev–Trinajstić information content (AvgIpc) is 2.85. The van der Waals surface area contributed by atoms with Gasteiger partial charge in [-0.3, -0.25) is 4.68 Å². The van der Waals surface area contributed by atoms with E-state index in [4.69, 9.17) is 4.74 Å². The van der Waals surface area contributed by atoms with Crippen molar-refractivity contribution >= 4 is 0 Å². The van der Waals surface area contributed by atoms with E-state index in [2.05, 4.69) is 10.4 Å². The van der Waals surface area contributed by atoms with Gasteiger partial charge in [0.2, 0.25) is 0 Å². The standard InChI is InChI=1S/C13H16FN3O/c1-15-10-11-9-12(14)3-4-13(11)18-8-7-17-6-2-5-16-17/h2-6,9,15H,7-8,10H2,1H3. The molecule has 2 rings (SSSR count). The third-order valence-electron chi connectivity index (χ3n) is 2.53. The van der Waals surface area contributed by atoms with E-state index in [1.165, 1.54) is 12.1 Å². The fourth-order valence-corrected chi connectivity index (χ4v) is 1.70. The van der Waals surface area contributed by atoms with E-state index in [-0.39, 0.29) is 5.82 Å². The zero-order chi connectivity index (χ0) is 12.8. The Kier molecular flexibility index (Phi) is 4.30. The maximum absolute atomic E-state index is 13.1. The molecule has 96 valence electrons. The van der Waals surface area contributed by atoms with Gasteiger partial charge in [0.15, 0.2) is 0 Å². The highest BCUT2D eigenvalue weighted by Gasteiger charge is 2.04. The summed E-state index contributed by atoms with van der Waals surface area (Å²) in [4.78, 5) is 0. The van der Waals surface area contributed by atoms with Crippen LogP contribution in [-0.2, 0) is 13.1 Å². The molecule has 0 bridgehead atoms. The minimum atomic E-state index is -0.250. The lowest BCUT2D eigenvalue weighted by Gasteiger charge is -2.11. The van der Waals surface area contributed by atoms with Gasteiger partial charge in [-0.15, -0.1) is 0 Å². The van der Waals surface area contributed by atoms with E-state index in [1.807, 2.05) is 19.3 Å². The van der Waals surface area contributed by atoms with Crippen LogP contribution in [0.2, 0.25) is 0 Å². The van der Waals surface area contributed by atoms with Gasteiger partial charge in [0.05, 0.1) is 6.54 Å². The Morgan fingerprint density at radius 1 is 1.44 bits per heavy atom. The maximum atomic E-state index is 13.1. The molecule has 0 unspecified atom stereocenters. The van der Waals surface area contributed by atoms with Crippen molar-refractivity contribution in [1.29, 1.82) is 0 Å². The molecule has 1 aromatic heterocycles. The fourth-order valence-electron chi connectivity index (χ4n) is 1.70. The summed E-state index contributed by atoms with van der Waals surface area (Å²) in [5.74, 6) is 0.456. The second-order valence-corrected chi connectivity index (χ2v) is 3.90. The summed E-state index contributed by atoms with van der Waals surface area (Å²) in [7, 11) is 1.82. The van der Waals surface area contributed by atoms with Gasteiger partial charge in [0.1, 0.15) is 18.2 Å². The van der Waals surface area contributed by atoms with Crippen LogP contribution >= 0.6 is 0 Å². The van der Waals surface area contributed by atoms with Crippen LogP contribution in [-0.4, -0.2) is 23.4 Å². The first-order chi connectivity index (χ1) is 8.79. The molecule has 0 aliphatic rings. The van der Waals surface area contributed by atoms with Crippen molar-refractivity contribution in [3.05, 3.63) is 48.0 Å². The van der Waals surface area contributed by atoms with Crippen molar-refractivity contribution in [3.8, 4) is 5.75 Å². The van der Waals surface area contributed by atoms with Crippen LogP contribution in [0.15, 0.2) is 36.7 Å². The van der Waals surface area contributed by atoms with Crippen LogP contribution in [0.3, 0.4) is 0 Å². The highest BCUT2D eigenvalue weighted by Crippen LogP contribution is 2.19. The van der Waals surface area contributed by atoms with Gasteiger partial charge in [0, 0.05) is 24.5 Å². The van der Waals surface area contributed by atoms with Gasteiger partial charge in [-0.2, -0.15) is 5.10 Å². The number of halogens is 1. The Balaban J connectivity index is 1.95. The van der Waals surface area contributed by atoms with Gasteiger partial charge < -0.3 is 10.1 Å². The van der Waals surface area contributed by atoms with E-state index in [0.717, 1.165) is 5.56 Å². The van der Waals surface area contributed by atoms with E-state index < -0.39 is 0 Å². The lowest BCUT2D eigenvalue weighted by atomic mass is 10.2. The topological polar surface area (TPSA) is 39.1 Å². The number of benzene rings is 1. The summed E-state index contributed by atoms with van der Waals surface area (Å²) >= 11 is 0. The Morgan fingerprint density at radius 2 is 2.33 bits per heavy atom. The molecule has 0 saturated carbocycles. The smallest absolute Gasteiger partial charge is 0.124 e. The zero-order valence-corrected chi connectivity index (χ0v) is 10.3. The predicted molar refractivity (Wildman–Crippen MR) is 66.9 cm³/mol. The number of hydrogen-bond acceptors (Lipinski definition) is 3. The van der Waals surface area contributed by atoms with Crippen LogP contribution in [0.5, 0.6) is 5.75 Å². The first-order valence-electron chi connectivity index (χ1n) is 5.83. The van der Waals surface area contributed by atoms with Crippen molar-refractivity contribution in [2.24, 2.45) is 0 Å². The van der Waals surface area contributed by atoms with Gasteiger partial charge in [-0.25, -0.2) is 4.39 Å². The van der Waals surface area contributed by atoms with Crippen molar-refractivity contribution in [1.82, 2.24) is 15.1 Å². The highest BCUT2D eigenvalue weighted by atomic mass is 19.1. The minimum absolute atomic E-state index is 0.250. The Labute approximate surface area is 105 Å². The summed E-state index contributed by atoms with van der Waals surface area (Å²) in [5.41, 5.74) is 0.818. The van der Waals surface area contributed by atoms with Gasteiger partial charge in [-0.1, -0.05) is 0 Å². The average molecular weight is 249 g/mol. The molecule has 5 heteroatoms. The van der Waals surface area contributed by atoms with E-state index in [0.29, 0.717) is 25.4 Å². The Bertz CT molecular complexity index is 485. The molecule has 1 N–H and O–H groups in total. The Hall–Kier alpha value is -1.88. The van der Waals surface area contributed by atoms with E-state index >= 15 is 0 Å². The molecule has 2 aromatic rings. The predicted octanol–water partition coefficient (Wildman–Crippen LogP) is 1.82. The summed E-state index contributed by atoms with van der Waals surface area (Å²) in [6, 6.07) is 6.41. The third-order valence-corrected chi connectivity index (χ3v) is 2.53. The molecule has 18 heavy (non-hydrogen) atoms. The van der Waals surface area contributed by atoms with Crippen molar-refractivity contribution < 1.29 is 9.13 Å². The molecule has 1 aromatic carbocycles. The second kappa shape index (κ2) is 6.16. The summed E-state index contributed by atoms with van der Waals surface area (Å²) in [5, 5.41) is 7.08. The summed E-state index contributed by atoms with van der Waals surface area (Å²) < 4.78 is 20.6. The molecular weight excluding hydrogens is 233 g/mol. The number of aromatic nitrogens is 2. The Morgan fingerprint density at radius 3 is 3.06 bits per heavy atom. The maximum Gasteiger partial charge on any atom is 0.124 e. The number of nitrogens with zero attached hydrogens (tertiary/aromatic N) is 2. The summed E-state index contributed by atoms with van der Waals surface area (Å²) in [6.45, 7) is 1.75. The number of ether oxygens (including phenoxy) is 1. The van der Waals surface area contributed by atoms with E-state index in [9.17, 15) is 4.39 Å². The highest BCUT2D eigenvalue weighted by molar-refractivity contribution is 5.33. The SMILES string of the molecule is CNCc1cc(F)ccc1OCCn1cccn1. The lowest BCUT2D eigenvalue weighted by Crippen LogP contribution is -2.12.